The zero-order valence-electron chi connectivity index (χ0n) is 15.6. The van der Waals surface area contributed by atoms with E-state index in [1.807, 2.05) is 6.92 Å². The van der Waals surface area contributed by atoms with Crippen LogP contribution in [0.5, 0.6) is 0 Å². The standard InChI is InChI=1S/C20H20FN3O3S/c1-3-26-20(25)17-12(2)16-18(22-11-23-19(16)28-17)24-8-9-27-15(10-24)13-4-6-14(21)7-5-13/h4-7,11,15H,3,8-10H2,1-2H3/t15-/m1/s1. The second-order valence-corrected chi connectivity index (χ2v) is 7.51. The van der Waals surface area contributed by atoms with Crippen LogP contribution >= 0.6 is 11.3 Å². The number of rotatable bonds is 4. The summed E-state index contributed by atoms with van der Waals surface area (Å²) in [7, 11) is 0. The van der Waals surface area contributed by atoms with Crippen molar-refractivity contribution in [2.75, 3.05) is 31.2 Å². The van der Waals surface area contributed by atoms with Crippen molar-refractivity contribution < 1.29 is 18.7 Å². The monoisotopic (exact) mass is 401 g/mol. The van der Waals surface area contributed by atoms with Crippen LogP contribution in [-0.2, 0) is 9.47 Å². The topological polar surface area (TPSA) is 64.5 Å². The van der Waals surface area contributed by atoms with E-state index in [2.05, 4.69) is 14.9 Å². The first-order valence-corrected chi connectivity index (χ1v) is 9.93. The van der Waals surface area contributed by atoms with Crippen LogP contribution in [-0.4, -0.2) is 42.2 Å². The number of aryl methyl sites for hydroxylation is 1. The van der Waals surface area contributed by atoms with Gasteiger partial charge in [-0.3, -0.25) is 0 Å². The van der Waals surface area contributed by atoms with E-state index in [9.17, 15) is 9.18 Å². The summed E-state index contributed by atoms with van der Waals surface area (Å²) < 4.78 is 24.3. The smallest absolute Gasteiger partial charge is 0.348 e. The SMILES string of the molecule is CCOC(=O)c1sc2ncnc(N3CCO[C@@H](c4ccc(F)cc4)C3)c2c1C. The lowest BCUT2D eigenvalue weighted by molar-refractivity contribution is 0.0396. The third-order valence-corrected chi connectivity index (χ3v) is 5.96. The lowest BCUT2D eigenvalue weighted by atomic mass is 10.1. The van der Waals surface area contributed by atoms with E-state index in [0.717, 1.165) is 27.2 Å². The number of aromatic nitrogens is 2. The van der Waals surface area contributed by atoms with Gasteiger partial charge in [-0.2, -0.15) is 0 Å². The number of ether oxygens (including phenoxy) is 2. The summed E-state index contributed by atoms with van der Waals surface area (Å²) >= 11 is 1.32. The van der Waals surface area contributed by atoms with Gasteiger partial charge in [-0.05, 0) is 37.1 Å². The molecule has 1 atom stereocenters. The van der Waals surface area contributed by atoms with Crippen molar-refractivity contribution in [2.24, 2.45) is 0 Å². The molecule has 1 aliphatic rings. The van der Waals surface area contributed by atoms with Crippen molar-refractivity contribution in [1.82, 2.24) is 9.97 Å². The first kappa shape index (κ1) is 18.8. The molecule has 1 saturated heterocycles. The highest BCUT2D eigenvalue weighted by Crippen LogP contribution is 2.36. The van der Waals surface area contributed by atoms with Gasteiger partial charge in [0.05, 0.1) is 18.6 Å². The van der Waals surface area contributed by atoms with Gasteiger partial charge in [0.15, 0.2) is 0 Å². The molecule has 3 heterocycles. The van der Waals surface area contributed by atoms with Gasteiger partial charge in [0.2, 0.25) is 0 Å². The molecule has 2 aromatic heterocycles. The van der Waals surface area contributed by atoms with E-state index in [4.69, 9.17) is 9.47 Å². The number of morpholine rings is 1. The highest BCUT2D eigenvalue weighted by molar-refractivity contribution is 7.20. The van der Waals surface area contributed by atoms with Crippen LogP contribution in [0.4, 0.5) is 10.2 Å². The van der Waals surface area contributed by atoms with Crippen molar-refractivity contribution >= 4 is 33.3 Å². The van der Waals surface area contributed by atoms with E-state index in [1.54, 1.807) is 19.1 Å². The number of halogens is 1. The lowest BCUT2D eigenvalue weighted by Crippen LogP contribution is -2.39. The highest BCUT2D eigenvalue weighted by Gasteiger charge is 2.27. The highest BCUT2D eigenvalue weighted by atomic mass is 32.1. The lowest BCUT2D eigenvalue weighted by Gasteiger charge is -2.34. The van der Waals surface area contributed by atoms with Gasteiger partial charge in [-0.25, -0.2) is 19.2 Å². The summed E-state index contributed by atoms with van der Waals surface area (Å²) in [5, 5.41) is 0.871. The minimum atomic E-state index is -0.333. The molecule has 146 valence electrons. The molecule has 0 radical (unpaired) electrons. The fourth-order valence-electron chi connectivity index (χ4n) is 3.40. The van der Waals surface area contributed by atoms with Crippen LogP contribution < -0.4 is 4.90 Å². The maximum Gasteiger partial charge on any atom is 0.348 e. The van der Waals surface area contributed by atoms with E-state index in [-0.39, 0.29) is 17.9 Å². The fourth-order valence-corrected chi connectivity index (χ4v) is 4.44. The first-order valence-electron chi connectivity index (χ1n) is 9.11. The maximum atomic E-state index is 13.2. The van der Waals surface area contributed by atoms with Gasteiger partial charge in [0.1, 0.15) is 33.8 Å². The number of thiophene rings is 1. The Balaban J connectivity index is 1.68. The quantitative estimate of drug-likeness (QED) is 0.618. The van der Waals surface area contributed by atoms with Gasteiger partial charge in [0, 0.05) is 13.1 Å². The summed E-state index contributed by atoms with van der Waals surface area (Å²) in [5.41, 5.74) is 1.75. The number of esters is 1. The Morgan fingerprint density at radius 1 is 1.36 bits per heavy atom. The van der Waals surface area contributed by atoms with Crippen molar-refractivity contribution in [3.63, 3.8) is 0 Å². The summed E-state index contributed by atoms with van der Waals surface area (Å²) in [6.45, 7) is 5.80. The van der Waals surface area contributed by atoms with Gasteiger partial charge < -0.3 is 14.4 Å². The second kappa shape index (κ2) is 7.81. The number of benzene rings is 1. The van der Waals surface area contributed by atoms with Crippen molar-refractivity contribution in [3.8, 4) is 0 Å². The predicted molar refractivity (Wildman–Crippen MR) is 105 cm³/mol. The molecule has 0 saturated carbocycles. The third-order valence-electron chi connectivity index (χ3n) is 4.78. The summed E-state index contributed by atoms with van der Waals surface area (Å²) in [6, 6.07) is 6.37. The average Bonchev–Trinajstić information content (AvgIpc) is 3.06. The number of hydrogen-bond donors (Lipinski definition) is 0. The van der Waals surface area contributed by atoms with E-state index in [1.165, 1.54) is 29.8 Å². The van der Waals surface area contributed by atoms with Gasteiger partial charge >= 0.3 is 5.97 Å². The molecule has 1 fully saturated rings. The van der Waals surface area contributed by atoms with Gasteiger partial charge in [0.25, 0.3) is 0 Å². The molecule has 1 aromatic carbocycles. The largest absolute Gasteiger partial charge is 0.462 e. The maximum absolute atomic E-state index is 13.2. The number of carbonyl (C=O) groups excluding carboxylic acids is 1. The Labute approximate surface area is 165 Å². The molecular formula is C20H20FN3O3S. The minimum absolute atomic E-state index is 0.178. The average molecular weight is 401 g/mol. The van der Waals surface area contributed by atoms with Gasteiger partial charge in [-0.1, -0.05) is 12.1 Å². The minimum Gasteiger partial charge on any atom is -0.462 e. The van der Waals surface area contributed by atoms with Crippen LogP contribution in [0.15, 0.2) is 30.6 Å². The molecule has 28 heavy (non-hydrogen) atoms. The molecule has 0 spiro atoms. The van der Waals surface area contributed by atoms with Crippen molar-refractivity contribution in [3.05, 3.63) is 52.4 Å². The molecule has 6 nitrogen and oxygen atoms in total. The van der Waals surface area contributed by atoms with Crippen molar-refractivity contribution in [1.29, 1.82) is 0 Å². The first-order chi connectivity index (χ1) is 13.6. The molecule has 4 rings (SSSR count). The van der Waals surface area contributed by atoms with Crippen LogP contribution in [0.2, 0.25) is 0 Å². The number of nitrogens with zero attached hydrogens (tertiary/aromatic N) is 3. The van der Waals surface area contributed by atoms with E-state index >= 15 is 0 Å². The summed E-state index contributed by atoms with van der Waals surface area (Å²) in [5.74, 6) is 0.180. The van der Waals surface area contributed by atoms with Crippen LogP contribution in [0.1, 0.15) is 33.8 Å². The third kappa shape index (κ3) is 3.45. The molecule has 0 unspecified atom stereocenters. The molecule has 0 bridgehead atoms. The molecular weight excluding hydrogens is 381 g/mol. The van der Waals surface area contributed by atoms with Crippen LogP contribution in [0.3, 0.4) is 0 Å². The summed E-state index contributed by atoms with van der Waals surface area (Å²) in [6.07, 6.45) is 1.34. The normalized spacial score (nSPS) is 17.1. The number of anilines is 1. The van der Waals surface area contributed by atoms with Crippen LogP contribution in [0.25, 0.3) is 10.2 Å². The van der Waals surface area contributed by atoms with Crippen molar-refractivity contribution in [2.45, 2.75) is 20.0 Å². The van der Waals surface area contributed by atoms with Crippen LogP contribution in [0, 0.1) is 12.7 Å². The molecule has 3 aromatic rings. The zero-order valence-corrected chi connectivity index (χ0v) is 16.5. The number of hydrogen-bond acceptors (Lipinski definition) is 7. The molecule has 0 aliphatic carbocycles. The Hall–Kier alpha value is -2.58. The van der Waals surface area contributed by atoms with Gasteiger partial charge in [-0.15, -0.1) is 11.3 Å². The Morgan fingerprint density at radius 2 is 2.14 bits per heavy atom. The summed E-state index contributed by atoms with van der Waals surface area (Å²) in [4.78, 5) is 24.6. The molecule has 1 aliphatic heterocycles. The molecule has 8 heteroatoms. The van der Waals surface area contributed by atoms with E-state index in [0.29, 0.717) is 31.2 Å². The number of carbonyl (C=O) groups is 1. The predicted octanol–water partition coefficient (Wildman–Crippen LogP) is 3.89. The molecule has 0 N–H and O–H groups in total. The second-order valence-electron chi connectivity index (χ2n) is 6.51. The zero-order chi connectivity index (χ0) is 19.7. The Morgan fingerprint density at radius 3 is 2.89 bits per heavy atom. The fraction of sp³-hybridized carbons (Fsp3) is 0.350. The Bertz CT molecular complexity index is 1010. The Kier molecular flexibility index (Phi) is 5.23. The van der Waals surface area contributed by atoms with E-state index < -0.39 is 0 Å². The number of fused-ring (bicyclic) bond motifs is 1. The molecule has 0 amide bonds.